The van der Waals surface area contributed by atoms with Gasteiger partial charge in [-0.1, -0.05) is 0 Å². The van der Waals surface area contributed by atoms with Crippen molar-refractivity contribution in [2.45, 2.75) is 13.8 Å². The molecular weight excluding hydrogens is 644 g/mol. The number of rotatable bonds is 10. The summed E-state index contributed by atoms with van der Waals surface area (Å²) >= 11 is 9.94. The van der Waals surface area contributed by atoms with Crippen LogP contribution in [0.3, 0.4) is 0 Å². The number of thioether (sulfide) groups is 4. The first kappa shape index (κ1) is 22.9. The van der Waals surface area contributed by atoms with Gasteiger partial charge >= 0.3 is 189 Å². The van der Waals surface area contributed by atoms with Crippen LogP contribution in [0.2, 0.25) is 0 Å². The monoisotopic (exact) mass is 668 g/mol. The molecule has 0 aliphatic carbocycles. The SMILES string of the molecule is CCSC1=C(SCCO)[Se]/C(=C2\[Se]C(SCC)=C(SCCO)[Se]2)[Se]1. The molecule has 2 aliphatic heterocycles. The fourth-order valence-electron chi connectivity index (χ4n) is 1.60. The van der Waals surface area contributed by atoms with Crippen molar-refractivity contribution in [2.75, 3.05) is 36.2 Å². The third kappa shape index (κ3) is 6.90. The molecule has 10 heteroatoms. The summed E-state index contributed by atoms with van der Waals surface area (Å²) in [6.45, 7) is 5.04. The van der Waals surface area contributed by atoms with Crippen molar-refractivity contribution >= 4 is 107 Å². The van der Waals surface area contributed by atoms with Crippen LogP contribution in [0.1, 0.15) is 13.8 Å². The summed E-state index contributed by atoms with van der Waals surface area (Å²) in [5, 5.41) is 18.3. The van der Waals surface area contributed by atoms with Gasteiger partial charge in [0.1, 0.15) is 0 Å². The van der Waals surface area contributed by atoms with Crippen LogP contribution in [0.25, 0.3) is 0 Å². The molecule has 0 saturated heterocycles. The fraction of sp³-hybridized carbons (Fsp3) is 0.571. The summed E-state index contributed by atoms with van der Waals surface area (Å²) in [7, 11) is 0. The fourth-order valence-corrected chi connectivity index (χ4v) is 27.6. The summed E-state index contributed by atoms with van der Waals surface area (Å²) in [5.74, 6) is 3.99. The minimum atomic E-state index is 0.280. The van der Waals surface area contributed by atoms with Crippen molar-refractivity contribution in [3.63, 3.8) is 0 Å². The van der Waals surface area contributed by atoms with Crippen LogP contribution < -0.4 is 0 Å². The van der Waals surface area contributed by atoms with Crippen LogP contribution in [0, 0.1) is 0 Å². The molecule has 0 atom stereocenters. The normalized spacial score (nSPS) is 21.5. The molecule has 0 aromatic heterocycles. The molecule has 24 heavy (non-hydrogen) atoms. The van der Waals surface area contributed by atoms with Crippen molar-refractivity contribution in [3.8, 4) is 0 Å². The Balaban J connectivity index is 2.08. The van der Waals surface area contributed by atoms with Gasteiger partial charge in [0.25, 0.3) is 0 Å². The second-order valence-electron chi connectivity index (χ2n) is 4.14. The summed E-state index contributed by atoms with van der Waals surface area (Å²) in [6.07, 6.45) is 0. The number of hydrogen-bond donors (Lipinski definition) is 2. The van der Waals surface area contributed by atoms with Crippen molar-refractivity contribution < 1.29 is 10.2 Å². The Morgan fingerprint density at radius 1 is 0.625 bits per heavy atom. The van der Waals surface area contributed by atoms with Gasteiger partial charge < -0.3 is 0 Å². The molecule has 0 saturated carbocycles. The van der Waals surface area contributed by atoms with Gasteiger partial charge in [0.05, 0.1) is 0 Å². The molecule has 0 fully saturated rings. The third-order valence-corrected chi connectivity index (χ3v) is 25.9. The maximum atomic E-state index is 9.15. The Bertz CT molecular complexity index is 491. The molecule has 2 aliphatic rings. The molecule has 2 rings (SSSR count). The standard InChI is InChI=1S/C14H20O2S4Se4/c1-3-17-9-11(19-7-5-15)23-13(21-9)14-22-10(18-4-2)12(24-14)20-8-6-16/h15-16H,3-8H2,1-2H3/b14-13+. The third-order valence-electron chi connectivity index (χ3n) is 2.44. The first-order chi connectivity index (χ1) is 11.7. The molecule has 2 N–H and O–H groups in total. The average molecular weight is 664 g/mol. The van der Waals surface area contributed by atoms with E-state index in [4.69, 9.17) is 10.2 Å². The van der Waals surface area contributed by atoms with E-state index in [1.165, 1.54) is 0 Å². The van der Waals surface area contributed by atoms with Crippen LogP contribution in [0.15, 0.2) is 22.0 Å². The summed E-state index contributed by atoms with van der Waals surface area (Å²) < 4.78 is 10.1. The zero-order valence-electron chi connectivity index (χ0n) is 13.4. The quantitative estimate of drug-likeness (QED) is 0.350. The Kier molecular flexibility index (Phi) is 12.4. The molecule has 0 bridgehead atoms. The van der Waals surface area contributed by atoms with Crippen molar-refractivity contribution in [1.29, 1.82) is 0 Å². The van der Waals surface area contributed by atoms with Gasteiger partial charge in [-0.2, -0.15) is 0 Å². The van der Waals surface area contributed by atoms with E-state index in [1.807, 2.05) is 47.0 Å². The topological polar surface area (TPSA) is 40.5 Å². The molecule has 136 valence electrons. The van der Waals surface area contributed by atoms with E-state index in [-0.39, 0.29) is 13.2 Å². The second kappa shape index (κ2) is 13.0. The Labute approximate surface area is 187 Å². The van der Waals surface area contributed by atoms with Gasteiger partial charge in [-0.25, -0.2) is 0 Å². The van der Waals surface area contributed by atoms with Crippen molar-refractivity contribution in [2.24, 2.45) is 0 Å². The van der Waals surface area contributed by atoms with Crippen LogP contribution in [-0.2, 0) is 0 Å². The van der Waals surface area contributed by atoms with Crippen LogP contribution in [0.4, 0.5) is 0 Å². The first-order valence-corrected chi connectivity index (χ1v) is 18.2. The molecular formula is C14H20O2S4Se4. The zero-order chi connectivity index (χ0) is 17.4. The van der Waals surface area contributed by atoms with Gasteiger partial charge in [-0.3, -0.25) is 0 Å². The van der Waals surface area contributed by atoms with E-state index in [1.54, 1.807) is 22.0 Å². The summed E-state index contributed by atoms with van der Waals surface area (Å²) in [5.41, 5.74) is 0. The van der Waals surface area contributed by atoms with Gasteiger partial charge in [-0.15, -0.1) is 0 Å². The van der Waals surface area contributed by atoms with Gasteiger partial charge in [0, 0.05) is 0 Å². The van der Waals surface area contributed by atoms with Gasteiger partial charge in [-0.05, 0) is 0 Å². The molecule has 2 nitrogen and oxygen atoms in total. The van der Waals surface area contributed by atoms with Crippen LogP contribution in [-0.4, -0.2) is 106 Å². The summed E-state index contributed by atoms with van der Waals surface area (Å²) in [6, 6.07) is 0. The molecule has 0 amide bonds. The predicted molar refractivity (Wildman–Crippen MR) is 119 cm³/mol. The first-order valence-electron chi connectivity index (χ1n) is 7.40. The molecule has 0 aromatic carbocycles. The maximum absolute atomic E-state index is 9.15. The zero-order valence-corrected chi connectivity index (χ0v) is 23.5. The number of hydrogen-bond acceptors (Lipinski definition) is 6. The molecule has 0 radical (unpaired) electrons. The Morgan fingerprint density at radius 2 is 0.958 bits per heavy atom. The number of aliphatic hydroxyl groups is 2. The second-order valence-corrected chi connectivity index (χ2v) is 22.4. The minimum absolute atomic E-state index is 0.280. The van der Waals surface area contributed by atoms with E-state index in [9.17, 15) is 0 Å². The van der Waals surface area contributed by atoms with Gasteiger partial charge in [0.2, 0.25) is 0 Å². The predicted octanol–water partition coefficient (Wildman–Crippen LogP) is 2.17. The molecule has 0 spiro atoms. The van der Waals surface area contributed by atoms with E-state index >= 15 is 0 Å². The van der Waals surface area contributed by atoms with E-state index < -0.39 is 0 Å². The average Bonchev–Trinajstić information content (AvgIpc) is 3.16. The molecule has 0 unspecified atom stereocenters. The van der Waals surface area contributed by atoms with E-state index in [2.05, 4.69) is 13.8 Å². The summed E-state index contributed by atoms with van der Waals surface area (Å²) in [4.78, 5) is 0. The van der Waals surface area contributed by atoms with Crippen molar-refractivity contribution in [3.05, 3.63) is 22.0 Å². The van der Waals surface area contributed by atoms with E-state index in [0.717, 1.165) is 23.0 Å². The van der Waals surface area contributed by atoms with E-state index in [0.29, 0.717) is 59.8 Å². The Hall–Kier alpha value is 2.62. The van der Waals surface area contributed by atoms with Crippen molar-refractivity contribution in [1.82, 2.24) is 0 Å². The molecule has 2 heterocycles. The van der Waals surface area contributed by atoms with Crippen LogP contribution in [0.5, 0.6) is 0 Å². The Morgan fingerprint density at radius 3 is 1.25 bits per heavy atom. The number of aliphatic hydroxyl groups excluding tert-OH is 2. The molecule has 0 aromatic rings. The van der Waals surface area contributed by atoms with Gasteiger partial charge in [0.15, 0.2) is 0 Å². The van der Waals surface area contributed by atoms with Crippen LogP contribution >= 0.6 is 47.0 Å².